The quantitative estimate of drug-likeness (QED) is 0.472. The van der Waals surface area contributed by atoms with E-state index in [-0.39, 0.29) is 5.56 Å². The van der Waals surface area contributed by atoms with Crippen molar-refractivity contribution in [2.45, 2.75) is 51.2 Å². The second-order valence-corrected chi connectivity index (χ2v) is 9.41. The number of thiophene rings is 1. The molecule has 1 aliphatic carbocycles. The summed E-state index contributed by atoms with van der Waals surface area (Å²) < 4.78 is 5.21. The van der Waals surface area contributed by atoms with Gasteiger partial charge in [-0.05, 0) is 49.7 Å². The number of nitrogens with one attached hydrogen (secondary N) is 1. The van der Waals surface area contributed by atoms with Crippen LogP contribution in [0.3, 0.4) is 0 Å². The first-order valence-corrected chi connectivity index (χ1v) is 11.9. The Labute approximate surface area is 186 Å². The summed E-state index contributed by atoms with van der Waals surface area (Å²) in [6, 6.07) is 10.0. The first-order valence-electron chi connectivity index (χ1n) is 11.1. The van der Waals surface area contributed by atoms with Crippen molar-refractivity contribution in [2.75, 3.05) is 26.8 Å². The highest BCUT2D eigenvalue weighted by molar-refractivity contribution is 7.18. The van der Waals surface area contributed by atoms with Crippen LogP contribution < -0.4 is 5.56 Å². The maximum absolute atomic E-state index is 12.9. The minimum Gasteiger partial charge on any atom is -0.391 e. The number of hydrogen-bond acceptors (Lipinski definition) is 6. The predicted octanol–water partition coefficient (Wildman–Crippen LogP) is 3.31. The number of aliphatic hydroxyl groups excluding tert-OH is 1. The van der Waals surface area contributed by atoms with E-state index in [2.05, 4.69) is 9.88 Å². The molecule has 2 heterocycles. The molecule has 0 aliphatic heterocycles. The molecule has 0 radical (unpaired) electrons. The van der Waals surface area contributed by atoms with Gasteiger partial charge in [0.1, 0.15) is 10.7 Å². The predicted molar refractivity (Wildman–Crippen MR) is 125 cm³/mol. The van der Waals surface area contributed by atoms with Gasteiger partial charge in [0.15, 0.2) is 0 Å². The zero-order valence-electron chi connectivity index (χ0n) is 18.1. The van der Waals surface area contributed by atoms with Gasteiger partial charge in [-0.15, -0.1) is 11.3 Å². The summed E-state index contributed by atoms with van der Waals surface area (Å²) in [6.07, 6.45) is 5.34. The Balaban J connectivity index is 1.50. The van der Waals surface area contributed by atoms with E-state index < -0.39 is 6.10 Å². The van der Waals surface area contributed by atoms with Gasteiger partial charge in [0, 0.05) is 31.7 Å². The lowest BCUT2D eigenvalue weighted by molar-refractivity contribution is 0.0980. The Morgan fingerprint density at radius 2 is 2.06 bits per heavy atom. The van der Waals surface area contributed by atoms with Gasteiger partial charge in [0.05, 0.1) is 18.0 Å². The topological polar surface area (TPSA) is 78.5 Å². The van der Waals surface area contributed by atoms with Crippen LogP contribution in [0.15, 0.2) is 35.1 Å². The number of fused-ring (bicyclic) bond motifs is 3. The number of ether oxygens (including phenoxy) is 1. The van der Waals surface area contributed by atoms with E-state index in [1.165, 1.54) is 16.9 Å². The molecule has 0 spiro atoms. The molecule has 4 rings (SSSR count). The van der Waals surface area contributed by atoms with Crippen LogP contribution in [0.4, 0.5) is 0 Å². The number of H-pyrrole nitrogens is 1. The first-order chi connectivity index (χ1) is 15.1. The number of methoxy groups -OCH3 is 1. The van der Waals surface area contributed by atoms with Crippen molar-refractivity contribution < 1.29 is 9.84 Å². The molecule has 1 aliphatic rings. The molecule has 0 bridgehead atoms. The van der Waals surface area contributed by atoms with E-state index in [0.717, 1.165) is 48.0 Å². The molecule has 2 N–H and O–H groups in total. The van der Waals surface area contributed by atoms with Crippen LogP contribution in [0.25, 0.3) is 10.2 Å². The SMILES string of the molecule is COCCCN(Cc1nc2sc3c(c2c(=O)[nH]1)CCCC3)C[C@H](O)Cc1ccccc1. The largest absolute Gasteiger partial charge is 0.391 e. The van der Waals surface area contributed by atoms with Gasteiger partial charge in [0.25, 0.3) is 5.56 Å². The molecular formula is C24H31N3O3S. The number of hydrogen-bond donors (Lipinski definition) is 2. The molecule has 6 nitrogen and oxygen atoms in total. The van der Waals surface area contributed by atoms with Crippen molar-refractivity contribution in [1.29, 1.82) is 0 Å². The fourth-order valence-corrected chi connectivity index (χ4v) is 5.69. The third-order valence-electron chi connectivity index (χ3n) is 5.85. The van der Waals surface area contributed by atoms with Gasteiger partial charge in [0.2, 0.25) is 0 Å². The second-order valence-electron chi connectivity index (χ2n) is 8.33. The van der Waals surface area contributed by atoms with Crippen molar-refractivity contribution in [1.82, 2.24) is 14.9 Å². The number of aromatic amines is 1. The van der Waals surface area contributed by atoms with Gasteiger partial charge >= 0.3 is 0 Å². The smallest absolute Gasteiger partial charge is 0.259 e. The molecule has 1 aromatic carbocycles. The monoisotopic (exact) mass is 441 g/mol. The highest BCUT2D eigenvalue weighted by Crippen LogP contribution is 2.33. The number of aliphatic hydroxyl groups is 1. The van der Waals surface area contributed by atoms with Gasteiger partial charge in [-0.3, -0.25) is 9.69 Å². The number of aryl methyl sites for hydroxylation is 2. The van der Waals surface area contributed by atoms with E-state index in [9.17, 15) is 9.90 Å². The lowest BCUT2D eigenvalue weighted by Crippen LogP contribution is -2.35. The average Bonchev–Trinajstić information content (AvgIpc) is 3.13. The fourth-order valence-electron chi connectivity index (χ4n) is 4.41. The van der Waals surface area contributed by atoms with Crippen molar-refractivity contribution in [2.24, 2.45) is 0 Å². The summed E-state index contributed by atoms with van der Waals surface area (Å²) in [7, 11) is 1.69. The van der Waals surface area contributed by atoms with E-state index in [1.807, 2.05) is 30.3 Å². The van der Waals surface area contributed by atoms with Crippen molar-refractivity contribution in [3.63, 3.8) is 0 Å². The van der Waals surface area contributed by atoms with Gasteiger partial charge in [-0.25, -0.2) is 4.98 Å². The molecule has 0 unspecified atom stereocenters. The van der Waals surface area contributed by atoms with Crippen LogP contribution in [0.5, 0.6) is 0 Å². The molecular weight excluding hydrogens is 410 g/mol. The average molecular weight is 442 g/mol. The highest BCUT2D eigenvalue weighted by atomic mass is 32.1. The molecule has 0 amide bonds. The van der Waals surface area contributed by atoms with Gasteiger partial charge in [-0.1, -0.05) is 30.3 Å². The number of rotatable bonds is 10. The number of aromatic nitrogens is 2. The van der Waals surface area contributed by atoms with E-state index >= 15 is 0 Å². The summed E-state index contributed by atoms with van der Waals surface area (Å²) in [5, 5.41) is 11.5. The molecule has 2 aromatic heterocycles. The first kappa shape index (κ1) is 22.1. The summed E-state index contributed by atoms with van der Waals surface area (Å²) in [5.74, 6) is 0.667. The van der Waals surface area contributed by atoms with Crippen LogP contribution >= 0.6 is 11.3 Å². The van der Waals surface area contributed by atoms with E-state index in [4.69, 9.17) is 9.72 Å². The standard InChI is InChI=1S/C24H31N3O3S/c1-30-13-7-12-27(15-18(28)14-17-8-3-2-4-9-17)16-21-25-23(29)22-19-10-5-6-11-20(19)31-24(22)26-21/h2-4,8-9,18,28H,5-7,10-16H2,1H3,(H,25,26,29)/t18-/m1/s1. The second kappa shape index (κ2) is 10.5. The van der Waals surface area contributed by atoms with Crippen molar-refractivity contribution in [3.05, 3.63) is 62.5 Å². The van der Waals surface area contributed by atoms with Crippen LogP contribution in [-0.4, -0.2) is 52.9 Å². The van der Waals surface area contributed by atoms with Crippen molar-refractivity contribution in [3.8, 4) is 0 Å². The molecule has 166 valence electrons. The van der Waals surface area contributed by atoms with Crippen molar-refractivity contribution >= 4 is 21.6 Å². The summed E-state index contributed by atoms with van der Waals surface area (Å²) in [4.78, 5) is 25.0. The molecule has 3 aromatic rings. The maximum Gasteiger partial charge on any atom is 0.259 e. The van der Waals surface area contributed by atoms with E-state index in [1.54, 1.807) is 18.4 Å². The minimum absolute atomic E-state index is 0.0268. The lowest BCUT2D eigenvalue weighted by Gasteiger charge is -2.24. The zero-order valence-corrected chi connectivity index (χ0v) is 18.9. The summed E-state index contributed by atoms with van der Waals surface area (Å²) in [5.41, 5.74) is 2.30. The molecule has 0 fully saturated rings. The maximum atomic E-state index is 12.9. The summed E-state index contributed by atoms with van der Waals surface area (Å²) >= 11 is 1.67. The highest BCUT2D eigenvalue weighted by Gasteiger charge is 2.21. The third-order valence-corrected chi connectivity index (χ3v) is 7.04. The fraction of sp³-hybridized carbons (Fsp3) is 0.500. The summed E-state index contributed by atoms with van der Waals surface area (Å²) in [6.45, 7) is 2.44. The third kappa shape index (κ3) is 5.60. The van der Waals surface area contributed by atoms with Gasteiger partial charge in [-0.2, -0.15) is 0 Å². The lowest BCUT2D eigenvalue weighted by atomic mass is 9.97. The zero-order chi connectivity index (χ0) is 21.6. The van der Waals surface area contributed by atoms with Gasteiger partial charge < -0.3 is 14.8 Å². The molecule has 0 saturated carbocycles. The Hall–Kier alpha value is -2.06. The Morgan fingerprint density at radius 1 is 1.26 bits per heavy atom. The Morgan fingerprint density at radius 3 is 2.87 bits per heavy atom. The van der Waals surface area contributed by atoms with Crippen LogP contribution in [0, 0.1) is 0 Å². The Kier molecular flexibility index (Phi) is 7.50. The van der Waals surface area contributed by atoms with Crippen LogP contribution in [0.2, 0.25) is 0 Å². The molecule has 1 atom stereocenters. The molecule has 0 saturated heterocycles. The number of nitrogens with zero attached hydrogens (tertiary/aromatic N) is 2. The Bertz CT molecular complexity index is 1050. The normalized spacial score (nSPS) is 14.8. The van der Waals surface area contributed by atoms with Crippen LogP contribution in [-0.2, 0) is 30.5 Å². The number of benzene rings is 1. The van der Waals surface area contributed by atoms with Crippen LogP contribution in [0.1, 0.15) is 41.1 Å². The van der Waals surface area contributed by atoms with E-state index in [0.29, 0.717) is 31.9 Å². The molecule has 31 heavy (non-hydrogen) atoms. The minimum atomic E-state index is -0.491. The molecule has 7 heteroatoms.